The van der Waals surface area contributed by atoms with Gasteiger partial charge in [0.15, 0.2) is 0 Å². The van der Waals surface area contributed by atoms with Crippen LogP contribution in [0.25, 0.3) is 11.1 Å². The highest BCUT2D eigenvalue weighted by molar-refractivity contribution is 5.67. The topological polar surface area (TPSA) is 71.8 Å². The molecular weight excluding hydrogens is 190 g/mol. The monoisotopic (exact) mass is 201 g/mol. The number of anilines is 1. The number of rotatable bonds is 1. The quantitative estimate of drug-likeness (QED) is 0.731. The average molecular weight is 201 g/mol. The van der Waals surface area contributed by atoms with Crippen LogP contribution < -0.4 is 11.3 Å². The summed E-state index contributed by atoms with van der Waals surface area (Å²) in [6, 6.07) is 5.45. The third-order valence-electron chi connectivity index (χ3n) is 2.25. The van der Waals surface area contributed by atoms with E-state index in [1.165, 1.54) is 0 Å². The Hall–Kier alpha value is -2.10. The van der Waals surface area contributed by atoms with Crippen molar-refractivity contribution >= 4 is 5.69 Å². The first-order valence-corrected chi connectivity index (χ1v) is 4.58. The van der Waals surface area contributed by atoms with Crippen LogP contribution in [0, 0.1) is 6.92 Å². The minimum absolute atomic E-state index is 0.218. The number of H-pyrrole nitrogens is 1. The van der Waals surface area contributed by atoms with Crippen LogP contribution in [0.2, 0.25) is 0 Å². The summed E-state index contributed by atoms with van der Waals surface area (Å²) in [5.41, 5.74) is 8.25. The van der Waals surface area contributed by atoms with Gasteiger partial charge >= 0.3 is 0 Å². The number of hydrogen-bond donors (Lipinski definition) is 2. The minimum atomic E-state index is -0.264. The van der Waals surface area contributed by atoms with Crippen LogP contribution in [-0.2, 0) is 0 Å². The van der Waals surface area contributed by atoms with Gasteiger partial charge in [-0.15, -0.1) is 0 Å². The maximum absolute atomic E-state index is 11.1. The second kappa shape index (κ2) is 3.57. The summed E-state index contributed by atoms with van der Waals surface area (Å²) in [5.74, 6) is 0. The Kier molecular flexibility index (Phi) is 2.25. The van der Waals surface area contributed by atoms with Crippen LogP contribution in [0.1, 0.15) is 5.69 Å². The smallest absolute Gasteiger partial charge is 0.271 e. The molecule has 0 unspecified atom stereocenters. The molecule has 0 aliphatic heterocycles. The number of nitrogens with zero attached hydrogens (tertiary/aromatic N) is 1. The van der Waals surface area contributed by atoms with Gasteiger partial charge in [-0.05, 0) is 19.1 Å². The van der Waals surface area contributed by atoms with E-state index in [1.54, 1.807) is 18.5 Å². The zero-order chi connectivity index (χ0) is 10.8. The molecule has 0 fully saturated rings. The third kappa shape index (κ3) is 1.74. The van der Waals surface area contributed by atoms with E-state index in [2.05, 4.69) is 9.97 Å². The number of hydrogen-bond acceptors (Lipinski definition) is 3. The van der Waals surface area contributed by atoms with Crippen molar-refractivity contribution in [2.24, 2.45) is 0 Å². The molecule has 2 rings (SSSR count). The molecule has 15 heavy (non-hydrogen) atoms. The zero-order valence-electron chi connectivity index (χ0n) is 8.32. The van der Waals surface area contributed by atoms with Gasteiger partial charge in [-0.3, -0.25) is 9.78 Å². The van der Waals surface area contributed by atoms with E-state index in [-0.39, 0.29) is 11.2 Å². The summed E-state index contributed by atoms with van der Waals surface area (Å²) in [4.78, 5) is 17.9. The first-order chi connectivity index (χ1) is 7.18. The van der Waals surface area contributed by atoms with Crippen molar-refractivity contribution in [3.63, 3.8) is 0 Å². The fourth-order valence-corrected chi connectivity index (χ4v) is 1.45. The Bertz CT molecular complexity index is 546. The van der Waals surface area contributed by atoms with Gasteiger partial charge in [-0.25, -0.2) is 0 Å². The predicted molar refractivity (Wildman–Crippen MR) is 59.4 cm³/mol. The second-order valence-electron chi connectivity index (χ2n) is 3.31. The highest BCUT2D eigenvalue weighted by atomic mass is 16.1. The third-order valence-corrected chi connectivity index (χ3v) is 2.25. The lowest BCUT2D eigenvalue weighted by molar-refractivity contribution is 1.19. The summed E-state index contributed by atoms with van der Waals surface area (Å²) < 4.78 is 0. The standard InChI is InChI=1S/C11H11N3O/c1-7-9(3-2-4-13-7)8-5-10(12)11(15)14-6-8/h2-6H,12H2,1H3,(H,14,15). The number of pyridine rings is 2. The fraction of sp³-hybridized carbons (Fsp3) is 0.0909. The number of nitrogens with one attached hydrogen (secondary N) is 1. The summed E-state index contributed by atoms with van der Waals surface area (Å²) in [6.07, 6.45) is 3.37. The van der Waals surface area contributed by atoms with Gasteiger partial charge in [-0.1, -0.05) is 6.07 Å². The largest absolute Gasteiger partial charge is 0.394 e. The van der Waals surface area contributed by atoms with Gasteiger partial charge in [-0.2, -0.15) is 0 Å². The lowest BCUT2D eigenvalue weighted by Crippen LogP contribution is -2.10. The average Bonchev–Trinajstić information content (AvgIpc) is 2.23. The zero-order valence-corrected chi connectivity index (χ0v) is 8.32. The molecule has 76 valence electrons. The minimum Gasteiger partial charge on any atom is -0.394 e. The van der Waals surface area contributed by atoms with Gasteiger partial charge in [0, 0.05) is 29.2 Å². The van der Waals surface area contributed by atoms with Gasteiger partial charge < -0.3 is 10.7 Å². The molecule has 0 atom stereocenters. The van der Waals surface area contributed by atoms with Crippen molar-refractivity contribution in [3.8, 4) is 11.1 Å². The van der Waals surface area contributed by atoms with Crippen molar-refractivity contribution in [1.82, 2.24) is 9.97 Å². The Morgan fingerprint density at radius 2 is 2.27 bits per heavy atom. The molecule has 0 aliphatic rings. The molecule has 0 amide bonds. The lowest BCUT2D eigenvalue weighted by atomic mass is 10.1. The van der Waals surface area contributed by atoms with Crippen LogP contribution in [0.15, 0.2) is 35.4 Å². The maximum Gasteiger partial charge on any atom is 0.271 e. The Labute approximate surface area is 86.8 Å². The van der Waals surface area contributed by atoms with Crippen LogP contribution in [0.4, 0.5) is 5.69 Å². The normalized spacial score (nSPS) is 10.2. The van der Waals surface area contributed by atoms with Crippen molar-refractivity contribution in [3.05, 3.63) is 46.6 Å². The van der Waals surface area contributed by atoms with Crippen LogP contribution in [0.3, 0.4) is 0 Å². The number of nitrogen functional groups attached to an aromatic ring is 1. The summed E-state index contributed by atoms with van der Waals surface area (Å²) in [5, 5.41) is 0. The molecule has 0 spiro atoms. The van der Waals surface area contributed by atoms with Gasteiger partial charge in [0.05, 0.1) is 5.69 Å². The molecule has 0 aromatic carbocycles. The van der Waals surface area contributed by atoms with Crippen LogP contribution in [0.5, 0.6) is 0 Å². The van der Waals surface area contributed by atoms with E-state index in [9.17, 15) is 4.79 Å². The number of aryl methyl sites for hydroxylation is 1. The Balaban J connectivity index is 2.60. The number of nitrogens with two attached hydrogens (primary N) is 1. The Morgan fingerprint density at radius 1 is 1.47 bits per heavy atom. The lowest BCUT2D eigenvalue weighted by Gasteiger charge is -2.04. The van der Waals surface area contributed by atoms with Crippen molar-refractivity contribution in [2.45, 2.75) is 6.92 Å². The Morgan fingerprint density at radius 3 is 2.93 bits per heavy atom. The van der Waals surface area contributed by atoms with E-state index in [1.807, 2.05) is 19.1 Å². The molecule has 0 radical (unpaired) electrons. The molecule has 2 aromatic rings. The summed E-state index contributed by atoms with van der Waals surface area (Å²) in [7, 11) is 0. The molecule has 0 aliphatic carbocycles. The van der Waals surface area contributed by atoms with E-state index in [0.717, 1.165) is 16.8 Å². The first kappa shape index (κ1) is 9.45. The maximum atomic E-state index is 11.1. The van der Waals surface area contributed by atoms with Crippen molar-refractivity contribution < 1.29 is 0 Å². The molecule has 0 saturated carbocycles. The SMILES string of the molecule is Cc1ncccc1-c1c[nH]c(=O)c(N)c1. The van der Waals surface area contributed by atoms with Crippen LogP contribution in [-0.4, -0.2) is 9.97 Å². The highest BCUT2D eigenvalue weighted by Crippen LogP contribution is 2.20. The predicted octanol–water partition coefficient (Wildman–Crippen LogP) is 1.33. The molecular formula is C11H11N3O. The van der Waals surface area contributed by atoms with Crippen molar-refractivity contribution in [2.75, 3.05) is 5.73 Å². The van der Waals surface area contributed by atoms with Gasteiger partial charge in [0.1, 0.15) is 0 Å². The highest BCUT2D eigenvalue weighted by Gasteiger charge is 2.03. The molecule has 2 heterocycles. The van der Waals surface area contributed by atoms with E-state index < -0.39 is 0 Å². The van der Waals surface area contributed by atoms with E-state index >= 15 is 0 Å². The summed E-state index contributed by atoms with van der Waals surface area (Å²) in [6.45, 7) is 1.91. The van der Waals surface area contributed by atoms with E-state index in [0.29, 0.717) is 0 Å². The summed E-state index contributed by atoms with van der Waals surface area (Å²) >= 11 is 0. The van der Waals surface area contributed by atoms with Crippen molar-refractivity contribution in [1.29, 1.82) is 0 Å². The number of aromatic nitrogens is 2. The fourth-order valence-electron chi connectivity index (χ4n) is 1.45. The van der Waals surface area contributed by atoms with Gasteiger partial charge in [0.25, 0.3) is 5.56 Å². The first-order valence-electron chi connectivity index (χ1n) is 4.58. The van der Waals surface area contributed by atoms with E-state index in [4.69, 9.17) is 5.73 Å². The molecule has 2 aromatic heterocycles. The molecule has 4 heteroatoms. The second-order valence-corrected chi connectivity index (χ2v) is 3.31. The molecule has 0 bridgehead atoms. The van der Waals surface area contributed by atoms with Gasteiger partial charge in [0.2, 0.25) is 0 Å². The van der Waals surface area contributed by atoms with Crippen LogP contribution >= 0.6 is 0 Å². The number of aromatic amines is 1. The molecule has 3 N–H and O–H groups in total. The molecule has 4 nitrogen and oxygen atoms in total. The molecule has 0 saturated heterocycles.